The van der Waals surface area contributed by atoms with Crippen molar-refractivity contribution in [1.82, 2.24) is 0 Å². The fourth-order valence-electron chi connectivity index (χ4n) is 1.64. The largest absolute Gasteiger partial charge is 0.399 e. The number of anilines is 1. The van der Waals surface area contributed by atoms with Gasteiger partial charge in [-0.3, -0.25) is 0 Å². The molecule has 0 aliphatic carbocycles. The molecule has 1 saturated heterocycles. The Morgan fingerprint density at radius 2 is 2.33 bits per heavy atom. The van der Waals surface area contributed by atoms with Crippen molar-refractivity contribution in [2.75, 3.05) is 12.3 Å². The van der Waals surface area contributed by atoms with E-state index in [9.17, 15) is 0 Å². The standard InChI is InChI=1S/C11H14BrNOS/c1-7-10(4-5-14-7)15-11-3-2-8(13)6-9(11)12/h2-3,6-7,10H,4-5,13H2,1H3. The molecule has 2 nitrogen and oxygen atoms in total. The Bertz CT molecular complexity index is 358. The van der Waals surface area contributed by atoms with Gasteiger partial charge in [0, 0.05) is 26.9 Å². The predicted octanol–water partition coefficient (Wildman–Crippen LogP) is 3.30. The molecule has 0 amide bonds. The van der Waals surface area contributed by atoms with E-state index >= 15 is 0 Å². The minimum absolute atomic E-state index is 0.347. The van der Waals surface area contributed by atoms with Crippen molar-refractivity contribution in [3.05, 3.63) is 22.7 Å². The van der Waals surface area contributed by atoms with Gasteiger partial charge in [0.2, 0.25) is 0 Å². The lowest BCUT2D eigenvalue weighted by molar-refractivity contribution is 0.127. The molecule has 2 N–H and O–H groups in total. The van der Waals surface area contributed by atoms with Crippen LogP contribution in [-0.2, 0) is 4.74 Å². The first-order chi connectivity index (χ1) is 7.16. The number of nitrogen functional groups attached to an aromatic ring is 1. The minimum Gasteiger partial charge on any atom is -0.399 e. The van der Waals surface area contributed by atoms with Crippen molar-refractivity contribution in [2.24, 2.45) is 0 Å². The highest BCUT2D eigenvalue weighted by atomic mass is 79.9. The molecule has 2 unspecified atom stereocenters. The second-order valence-corrected chi connectivity index (χ2v) is 5.85. The Kier molecular flexibility index (Phi) is 3.59. The molecule has 0 radical (unpaired) electrons. The average molecular weight is 288 g/mol. The van der Waals surface area contributed by atoms with Crippen molar-refractivity contribution < 1.29 is 4.74 Å². The van der Waals surface area contributed by atoms with E-state index in [1.807, 2.05) is 23.9 Å². The van der Waals surface area contributed by atoms with Crippen LogP contribution in [0.4, 0.5) is 5.69 Å². The Morgan fingerprint density at radius 1 is 1.53 bits per heavy atom. The molecule has 0 bridgehead atoms. The summed E-state index contributed by atoms with van der Waals surface area (Å²) in [5, 5.41) is 0.560. The van der Waals surface area contributed by atoms with Gasteiger partial charge in [-0.2, -0.15) is 0 Å². The maximum absolute atomic E-state index is 5.70. The normalized spacial score (nSPS) is 25.7. The molecule has 4 heteroatoms. The summed E-state index contributed by atoms with van der Waals surface area (Å²) in [6.45, 7) is 3.02. The van der Waals surface area contributed by atoms with Crippen LogP contribution in [0.25, 0.3) is 0 Å². The minimum atomic E-state index is 0.347. The Balaban J connectivity index is 2.10. The molecule has 1 heterocycles. The summed E-state index contributed by atoms with van der Waals surface area (Å²) < 4.78 is 6.62. The third kappa shape index (κ3) is 2.68. The summed E-state index contributed by atoms with van der Waals surface area (Å²) in [5.41, 5.74) is 6.49. The van der Waals surface area contributed by atoms with Gasteiger partial charge in [-0.15, -0.1) is 11.8 Å². The third-order valence-corrected chi connectivity index (χ3v) is 4.99. The summed E-state index contributed by atoms with van der Waals surface area (Å²) in [6.07, 6.45) is 1.47. The second-order valence-electron chi connectivity index (χ2n) is 3.71. The molecule has 1 fully saturated rings. The number of halogens is 1. The number of hydrogen-bond donors (Lipinski definition) is 1. The van der Waals surface area contributed by atoms with Gasteiger partial charge in [0.05, 0.1) is 6.10 Å². The lowest BCUT2D eigenvalue weighted by Crippen LogP contribution is -2.13. The topological polar surface area (TPSA) is 35.2 Å². The van der Waals surface area contributed by atoms with Crippen LogP contribution in [0, 0.1) is 0 Å². The van der Waals surface area contributed by atoms with Crippen LogP contribution in [-0.4, -0.2) is 18.0 Å². The van der Waals surface area contributed by atoms with E-state index < -0.39 is 0 Å². The van der Waals surface area contributed by atoms with Gasteiger partial charge in [-0.25, -0.2) is 0 Å². The van der Waals surface area contributed by atoms with Crippen LogP contribution in [0.5, 0.6) is 0 Å². The molecule has 2 atom stereocenters. The fraction of sp³-hybridized carbons (Fsp3) is 0.455. The zero-order chi connectivity index (χ0) is 10.8. The lowest BCUT2D eigenvalue weighted by Gasteiger charge is -2.14. The maximum atomic E-state index is 5.70. The van der Waals surface area contributed by atoms with E-state index in [0.717, 1.165) is 23.2 Å². The Labute approximate surface area is 103 Å². The first-order valence-electron chi connectivity index (χ1n) is 5.00. The quantitative estimate of drug-likeness (QED) is 0.848. The van der Waals surface area contributed by atoms with E-state index in [0.29, 0.717) is 11.4 Å². The average Bonchev–Trinajstić information content (AvgIpc) is 2.57. The van der Waals surface area contributed by atoms with E-state index in [1.54, 1.807) is 0 Å². The molecule has 82 valence electrons. The van der Waals surface area contributed by atoms with Crippen LogP contribution < -0.4 is 5.73 Å². The molecular formula is C11H14BrNOS. The molecule has 1 aromatic carbocycles. The Morgan fingerprint density at radius 3 is 2.93 bits per heavy atom. The van der Waals surface area contributed by atoms with Crippen molar-refractivity contribution in [1.29, 1.82) is 0 Å². The van der Waals surface area contributed by atoms with E-state index in [-0.39, 0.29) is 0 Å². The van der Waals surface area contributed by atoms with Gasteiger partial charge in [0.1, 0.15) is 0 Å². The van der Waals surface area contributed by atoms with Crippen LogP contribution in [0.2, 0.25) is 0 Å². The molecule has 1 aliphatic heterocycles. The van der Waals surface area contributed by atoms with Crippen LogP contribution in [0.1, 0.15) is 13.3 Å². The van der Waals surface area contributed by atoms with E-state index in [4.69, 9.17) is 10.5 Å². The molecule has 2 rings (SSSR count). The number of rotatable bonds is 2. The molecule has 1 aromatic rings. The summed E-state index contributed by atoms with van der Waals surface area (Å²) in [7, 11) is 0. The van der Waals surface area contributed by atoms with Gasteiger partial charge < -0.3 is 10.5 Å². The number of benzene rings is 1. The maximum Gasteiger partial charge on any atom is 0.0669 e. The number of nitrogens with two attached hydrogens (primary N) is 1. The van der Waals surface area contributed by atoms with Crippen molar-refractivity contribution in [3.8, 4) is 0 Å². The van der Waals surface area contributed by atoms with Crippen LogP contribution in [0.3, 0.4) is 0 Å². The lowest BCUT2D eigenvalue weighted by atomic mass is 10.3. The zero-order valence-electron chi connectivity index (χ0n) is 8.57. The monoisotopic (exact) mass is 287 g/mol. The highest BCUT2D eigenvalue weighted by Gasteiger charge is 2.25. The zero-order valence-corrected chi connectivity index (χ0v) is 11.0. The summed E-state index contributed by atoms with van der Waals surface area (Å²) in [5.74, 6) is 0. The van der Waals surface area contributed by atoms with Gasteiger partial charge >= 0.3 is 0 Å². The molecule has 0 saturated carbocycles. The third-order valence-electron chi connectivity index (χ3n) is 2.54. The highest BCUT2D eigenvalue weighted by Crippen LogP contribution is 2.37. The smallest absolute Gasteiger partial charge is 0.0669 e. The first-order valence-corrected chi connectivity index (χ1v) is 6.67. The van der Waals surface area contributed by atoms with Crippen molar-refractivity contribution in [3.63, 3.8) is 0 Å². The first kappa shape index (κ1) is 11.3. The molecule has 0 aromatic heterocycles. The van der Waals surface area contributed by atoms with Gasteiger partial charge in [-0.05, 0) is 47.5 Å². The number of ether oxygens (including phenoxy) is 1. The van der Waals surface area contributed by atoms with Gasteiger partial charge in [0.15, 0.2) is 0 Å². The van der Waals surface area contributed by atoms with E-state index in [2.05, 4.69) is 28.9 Å². The molecule has 15 heavy (non-hydrogen) atoms. The van der Waals surface area contributed by atoms with Crippen molar-refractivity contribution in [2.45, 2.75) is 29.6 Å². The number of hydrogen-bond acceptors (Lipinski definition) is 3. The van der Waals surface area contributed by atoms with Gasteiger partial charge in [-0.1, -0.05) is 0 Å². The summed E-state index contributed by atoms with van der Waals surface area (Å²) in [6, 6.07) is 5.95. The number of thioether (sulfide) groups is 1. The fourth-order valence-corrected chi connectivity index (χ4v) is 3.45. The van der Waals surface area contributed by atoms with Crippen molar-refractivity contribution >= 4 is 33.4 Å². The SMILES string of the molecule is CC1OCCC1Sc1ccc(N)cc1Br. The summed E-state index contributed by atoms with van der Waals surface area (Å²) >= 11 is 5.40. The summed E-state index contributed by atoms with van der Waals surface area (Å²) in [4.78, 5) is 1.24. The Hall–Kier alpha value is -0.190. The molecular weight excluding hydrogens is 274 g/mol. The second kappa shape index (κ2) is 4.76. The molecule has 0 spiro atoms. The highest BCUT2D eigenvalue weighted by molar-refractivity contribution is 9.10. The van der Waals surface area contributed by atoms with Gasteiger partial charge in [0.25, 0.3) is 0 Å². The van der Waals surface area contributed by atoms with E-state index in [1.165, 1.54) is 4.90 Å². The predicted molar refractivity (Wildman–Crippen MR) is 68.2 cm³/mol. The van der Waals surface area contributed by atoms with Crippen LogP contribution in [0.15, 0.2) is 27.6 Å². The molecule has 1 aliphatic rings. The van der Waals surface area contributed by atoms with Crippen LogP contribution >= 0.6 is 27.7 Å².